The number of carboxylic acids is 1. The molecule has 13 N–H and O–H groups in total. The van der Waals surface area contributed by atoms with Crippen LogP contribution in [-0.2, 0) is 96.9 Å². The lowest BCUT2D eigenvalue weighted by Gasteiger charge is -2.34. The number of unbranched alkanes of at least 4 members (excludes halogenated alkanes) is 2. The summed E-state index contributed by atoms with van der Waals surface area (Å²) in [4.78, 5) is 149. The molecule has 10 amide bonds. The number of hydrogen-bond acceptors (Lipinski definition) is 28. The number of sulfonamides is 1. The number of nitrogens with two attached hydrogens (primary N) is 1. The number of azo groups is 1. The summed E-state index contributed by atoms with van der Waals surface area (Å²) in [7, 11) is -0.912. The van der Waals surface area contributed by atoms with Gasteiger partial charge in [0, 0.05) is 144 Å². The van der Waals surface area contributed by atoms with Crippen LogP contribution in [0.25, 0.3) is 32.3 Å². The Morgan fingerprint density at radius 3 is 1.36 bits per heavy atom. The van der Waals surface area contributed by atoms with Gasteiger partial charge >= 0.3 is 12.0 Å². The molecule has 1 aliphatic heterocycles. The van der Waals surface area contributed by atoms with Crippen LogP contribution in [0.2, 0.25) is 0 Å². The van der Waals surface area contributed by atoms with Gasteiger partial charge in [-0.2, -0.15) is 10.2 Å². The van der Waals surface area contributed by atoms with Crippen molar-refractivity contribution in [3.63, 3.8) is 0 Å². The Labute approximate surface area is 861 Å². The first-order valence-corrected chi connectivity index (χ1v) is 55.8. The number of carbonyl (C=O) groups excluding carboxylic acids is 9. The zero-order valence-electron chi connectivity index (χ0n) is 86.2. The molecule has 0 radical (unpaired) electrons. The molecule has 8 aromatic carbocycles. The van der Waals surface area contributed by atoms with E-state index in [1.807, 2.05) is 125 Å². The lowest BCUT2D eigenvalue weighted by atomic mass is 9.97. The van der Waals surface area contributed by atoms with E-state index in [4.69, 9.17) is 19.9 Å². The van der Waals surface area contributed by atoms with Crippen LogP contribution in [0.5, 0.6) is 0 Å². The number of anilines is 4. The molecule has 1 heterocycles. The van der Waals surface area contributed by atoms with Gasteiger partial charge in [-0.15, -0.1) is 0 Å². The van der Waals surface area contributed by atoms with Crippen molar-refractivity contribution in [3.8, 4) is 0 Å². The van der Waals surface area contributed by atoms with Crippen molar-refractivity contribution >= 4 is 165 Å². The number of ether oxygens (including phenoxy) is 3. The number of sulfone groups is 3. The number of urea groups is 1. The lowest BCUT2D eigenvalue weighted by Crippen LogP contribution is -2.61. The second kappa shape index (κ2) is 55.5. The average molecular weight is 2110 g/mol. The van der Waals surface area contributed by atoms with E-state index in [1.54, 1.807) is 94.4 Å². The molecule has 9 rings (SSSR count). The van der Waals surface area contributed by atoms with E-state index in [2.05, 4.69) is 62.8 Å². The molecule has 802 valence electrons. The average Bonchev–Trinajstić information content (AvgIpc) is 1.14. The molecule has 44 heteroatoms. The largest absolute Gasteiger partial charge is 0.480 e. The Kier molecular flexibility index (Phi) is 44.5. The van der Waals surface area contributed by atoms with Crippen LogP contribution >= 0.6 is 0 Å². The Balaban J connectivity index is 0.809. The highest BCUT2D eigenvalue weighted by Gasteiger charge is 2.40. The Hall–Kier alpha value is -12.6. The summed E-state index contributed by atoms with van der Waals surface area (Å²) in [5, 5.41) is 45.7. The van der Waals surface area contributed by atoms with E-state index in [0.29, 0.717) is 53.2 Å². The molecule has 0 aliphatic carbocycles. The molecule has 0 saturated carbocycles. The number of hydrogen-bond donors (Lipinski definition) is 12. The number of nitrogens with zero attached hydrogens (tertiary/aromatic N) is 7. The molecule has 40 nitrogen and oxygen atoms in total. The van der Waals surface area contributed by atoms with Crippen molar-refractivity contribution < 1.29 is 101 Å². The zero-order valence-corrected chi connectivity index (χ0v) is 89.4. The minimum Gasteiger partial charge on any atom is -0.480 e. The Morgan fingerprint density at radius 2 is 0.905 bits per heavy atom. The fourth-order valence-corrected chi connectivity index (χ4v) is 22.6. The Morgan fingerprint density at radius 1 is 0.469 bits per heavy atom. The van der Waals surface area contributed by atoms with Crippen LogP contribution < -0.4 is 77.9 Å². The normalized spacial score (nSPS) is 14.5. The van der Waals surface area contributed by atoms with Gasteiger partial charge in [0.25, 0.3) is 0 Å². The van der Waals surface area contributed by atoms with Crippen LogP contribution in [0.1, 0.15) is 125 Å². The van der Waals surface area contributed by atoms with Crippen molar-refractivity contribution in [2.75, 3.05) is 166 Å². The maximum absolute atomic E-state index is 14.7. The number of carbonyl (C=O) groups is 10. The first kappa shape index (κ1) is 118. The molecule has 1 aliphatic rings. The summed E-state index contributed by atoms with van der Waals surface area (Å²) in [6.07, 6.45) is 1.66. The second-order valence-electron chi connectivity index (χ2n) is 38.1. The molecular weight excluding hydrogens is 1970 g/mol. The maximum atomic E-state index is 14.7. The highest BCUT2D eigenvalue weighted by atomic mass is 32.2. The number of benzene rings is 8. The summed E-state index contributed by atoms with van der Waals surface area (Å²) in [6.45, 7) is 6.50. The molecule has 8 atom stereocenters. The van der Waals surface area contributed by atoms with Crippen molar-refractivity contribution in [1.82, 2.24) is 57.5 Å². The van der Waals surface area contributed by atoms with Crippen molar-refractivity contribution in [1.29, 1.82) is 0 Å². The summed E-state index contributed by atoms with van der Waals surface area (Å²) in [5.74, 6) is -9.71. The molecule has 0 bridgehead atoms. The molecule has 8 aromatic rings. The fraction of sp³-hybridized carbons (Fsp3) is 0.495. The standard InChI is InChI=1S/C103H144N18O22S4/c1-15-69(4)94(100(129)105-63-92(122)110-83(101(130)131)37-17-19-54-107-147(139,140)75-51-47-73(48-52-75)116-115-72-45-49-74(50-46-72)117(7)8)113-96(125)71(6)108-98(127)84(62-68(2)3)112-97(126)82(36-16-18-53-104)111-95(124)70(5)109-99(128)88-41-26-55-121(88)93(123)64-106-102(132)114-103(65-141-56-27-59-144(133,134)89-42-23-30-76-79(89)33-20-38-85(76)118(9)10,66-142-57-28-60-145(135,136)90-43-24-31-77-80(90)34-21-39-86(77)119(11)12)67-143-58-29-61-146(137,138)91-44-25-32-78-81(91)35-22-40-87(78)120(13)14/h20-25,30-35,38-40,42-52,68-71,82-84,88,94,107H,15-19,26-29,36-37,41,53-67,104H2,1-14H3,(H,105,129)(H,108,127)(H,109,128)(H,110,122)(H,111,124)(H,112,126)(H,113,125)(H,130,131)(H2,106,114,132)/t69-,70-,71-,82-,83-,84-,88-,94-/m0/s1. The minimum atomic E-state index is -3.97. The van der Waals surface area contributed by atoms with E-state index in [1.165, 1.54) is 61.2 Å². The van der Waals surface area contributed by atoms with E-state index < -0.39 is 185 Å². The first-order valence-electron chi connectivity index (χ1n) is 49.4. The maximum Gasteiger partial charge on any atom is 0.326 e. The second-order valence-corrected chi connectivity index (χ2v) is 46.1. The van der Waals surface area contributed by atoms with Gasteiger partial charge in [0.05, 0.1) is 81.1 Å². The molecule has 1 saturated heterocycles. The highest BCUT2D eigenvalue weighted by molar-refractivity contribution is 7.92. The predicted octanol–water partition coefficient (Wildman–Crippen LogP) is 8.32. The van der Waals surface area contributed by atoms with Crippen molar-refractivity contribution in [3.05, 3.63) is 158 Å². The van der Waals surface area contributed by atoms with Crippen molar-refractivity contribution in [2.45, 2.75) is 192 Å². The quantitative estimate of drug-likeness (QED) is 0.0126. The molecular formula is C103H144N18O22S4. The first-order chi connectivity index (χ1) is 69.7. The SMILES string of the molecule is CC[C@H](C)[C@H](NC(=O)[C@H](C)NC(=O)[C@H](CC(C)C)NC(=O)[C@H](CCCCN)NC(=O)[C@H](C)NC(=O)[C@@H]1CCCN1C(=O)CNC(=O)NC(COCCCS(=O)(=O)c1cccc2c(N(C)C)cccc12)(COCCCS(=O)(=O)c1cccc2c(N(C)C)cccc12)COCCCS(=O)(=O)c1cccc2c(N(C)C)cccc12)C(=O)NCC(=O)N[C@@H](CCCCNS(=O)(=O)c1ccc(N=Nc2ccc(N(C)C)cc2)cc1)C(=O)O. The number of carboxylic acid groups (broad SMARTS) is 1. The summed E-state index contributed by atoms with van der Waals surface area (Å²) < 4.78 is 133. The van der Waals surface area contributed by atoms with Gasteiger partial charge < -0.3 is 97.4 Å². The van der Waals surface area contributed by atoms with Gasteiger partial charge in [-0.05, 0) is 194 Å². The predicted molar refractivity (Wildman–Crippen MR) is 567 cm³/mol. The molecule has 0 spiro atoms. The fourth-order valence-electron chi connectivity index (χ4n) is 17.0. The summed E-state index contributed by atoms with van der Waals surface area (Å²) >= 11 is 0. The van der Waals surface area contributed by atoms with Gasteiger partial charge in [-0.3, -0.25) is 38.4 Å². The number of rotatable bonds is 60. The summed E-state index contributed by atoms with van der Waals surface area (Å²) in [6, 6.07) is 34.3. The van der Waals surface area contributed by atoms with Crippen LogP contribution in [0, 0.1) is 11.8 Å². The number of aliphatic carboxylic acids is 1. The van der Waals surface area contributed by atoms with Crippen LogP contribution in [0.4, 0.5) is 38.9 Å². The summed E-state index contributed by atoms with van der Waals surface area (Å²) in [5.41, 5.74) is 8.54. The molecule has 0 aromatic heterocycles. The van der Waals surface area contributed by atoms with Crippen LogP contribution in [0.15, 0.2) is 188 Å². The molecule has 0 unspecified atom stereocenters. The monoisotopic (exact) mass is 2110 g/mol. The minimum absolute atomic E-state index is 0.00955. The third-order valence-corrected chi connectivity index (χ3v) is 32.2. The number of likely N-dealkylation sites (tertiary alicyclic amines) is 1. The third kappa shape index (κ3) is 34.3. The smallest absolute Gasteiger partial charge is 0.326 e. The van der Waals surface area contributed by atoms with Gasteiger partial charge in [0.1, 0.15) is 47.8 Å². The van der Waals surface area contributed by atoms with Gasteiger partial charge in [0.15, 0.2) is 29.5 Å². The molecule has 147 heavy (non-hydrogen) atoms. The molecule has 1 fully saturated rings. The number of fused-ring (bicyclic) bond motifs is 3. The Bertz CT molecular complexity index is 6080. The van der Waals surface area contributed by atoms with Gasteiger partial charge in [0.2, 0.25) is 57.3 Å². The van der Waals surface area contributed by atoms with Gasteiger partial charge in [-0.1, -0.05) is 107 Å². The highest BCUT2D eigenvalue weighted by Crippen LogP contribution is 2.36. The zero-order chi connectivity index (χ0) is 108. The van der Waals surface area contributed by atoms with Crippen molar-refractivity contribution in [2.24, 2.45) is 27.8 Å². The van der Waals surface area contributed by atoms with E-state index in [-0.39, 0.29) is 140 Å². The lowest BCUT2D eigenvalue weighted by molar-refractivity contribution is -0.142. The third-order valence-electron chi connectivity index (χ3n) is 25.2. The van der Waals surface area contributed by atoms with E-state index >= 15 is 0 Å². The number of nitrogens with one attached hydrogen (secondary N) is 10. The van der Waals surface area contributed by atoms with Gasteiger partial charge in [-0.25, -0.2) is 48.0 Å². The van der Waals surface area contributed by atoms with Crippen LogP contribution in [-0.4, -0.2) is 297 Å². The van der Waals surface area contributed by atoms with Crippen LogP contribution in [0.3, 0.4) is 0 Å². The van der Waals surface area contributed by atoms with E-state index in [9.17, 15) is 86.7 Å². The topological polar surface area (TPSA) is 542 Å². The van der Waals surface area contributed by atoms with E-state index in [0.717, 1.165) is 38.9 Å². The number of amides is 10.